The molecular formula is C16H14F3NO2. The lowest BCUT2D eigenvalue weighted by molar-refractivity contribution is -0.138. The molecule has 0 saturated heterocycles. The highest BCUT2D eigenvalue weighted by atomic mass is 19.4. The van der Waals surface area contributed by atoms with E-state index in [1.807, 2.05) is 13.0 Å². The Morgan fingerprint density at radius 1 is 1.14 bits per heavy atom. The van der Waals surface area contributed by atoms with Crippen LogP contribution in [-0.2, 0) is 12.7 Å². The summed E-state index contributed by atoms with van der Waals surface area (Å²) in [6.45, 7) is 3.13. The van der Waals surface area contributed by atoms with Crippen LogP contribution in [-0.4, -0.2) is 10.4 Å². The molecule has 0 atom stereocenters. The topological polar surface area (TPSA) is 39.1 Å². The zero-order valence-electron chi connectivity index (χ0n) is 12.1. The van der Waals surface area contributed by atoms with E-state index >= 15 is 0 Å². The number of aromatic nitrogens is 1. The van der Waals surface area contributed by atoms with Crippen LogP contribution in [0.2, 0.25) is 0 Å². The fraction of sp³-hybridized carbons (Fsp3) is 0.250. The van der Waals surface area contributed by atoms with E-state index in [1.165, 1.54) is 0 Å². The van der Waals surface area contributed by atoms with Crippen molar-refractivity contribution < 1.29 is 18.0 Å². The number of ketones is 1. The number of pyridine rings is 1. The summed E-state index contributed by atoms with van der Waals surface area (Å²) in [5.41, 5.74) is 0.387. The summed E-state index contributed by atoms with van der Waals surface area (Å²) >= 11 is 0. The maximum atomic E-state index is 12.7. The van der Waals surface area contributed by atoms with Crippen LogP contribution in [0.3, 0.4) is 0 Å². The zero-order valence-corrected chi connectivity index (χ0v) is 12.1. The van der Waals surface area contributed by atoms with E-state index in [0.29, 0.717) is 17.8 Å². The highest BCUT2D eigenvalue weighted by Crippen LogP contribution is 2.28. The third-order valence-corrected chi connectivity index (χ3v) is 3.32. The fourth-order valence-corrected chi connectivity index (χ4v) is 2.10. The number of Topliss-reactive ketones (excluding diaryl/α,β-unsaturated/α-hetero) is 1. The second-order valence-corrected chi connectivity index (χ2v) is 5.12. The number of benzene rings is 1. The maximum absolute atomic E-state index is 12.7. The Hall–Kier alpha value is -2.37. The van der Waals surface area contributed by atoms with Gasteiger partial charge in [-0.25, -0.2) is 0 Å². The molecule has 2 rings (SSSR count). The Labute approximate surface area is 125 Å². The molecule has 1 heterocycles. The molecule has 6 heteroatoms. The minimum absolute atomic E-state index is 0.400. The molecule has 1 aromatic carbocycles. The van der Waals surface area contributed by atoms with E-state index in [-0.39, 0.29) is 0 Å². The van der Waals surface area contributed by atoms with Crippen molar-refractivity contribution in [3.63, 3.8) is 0 Å². The average Bonchev–Trinajstić information content (AvgIpc) is 2.42. The first-order chi connectivity index (χ1) is 10.2. The van der Waals surface area contributed by atoms with E-state index < -0.39 is 29.6 Å². The summed E-state index contributed by atoms with van der Waals surface area (Å²) < 4.78 is 38.8. The van der Waals surface area contributed by atoms with Gasteiger partial charge in [-0.2, -0.15) is 13.2 Å². The third-order valence-electron chi connectivity index (χ3n) is 3.32. The number of rotatable bonds is 3. The molecule has 0 unspecified atom stereocenters. The maximum Gasteiger partial charge on any atom is 0.417 e. The number of aryl methyl sites for hydroxylation is 2. The van der Waals surface area contributed by atoms with Gasteiger partial charge in [0.15, 0.2) is 5.78 Å². The van der Waals surface area contributed by atoms with Gasteiger partial charge in [-0.15, -0.1) is 0 Å². The number of alkyl halides is 3. The molecule has 0 saturated carbocycles. The zero-order chi connectivity index (χ0) is 16.5. The second kappa shape index (κ2) is 5.79. The van der Waals surface area contributed by atoms with Crippen molar-refractivity contribution in [1.29, 1.82) is 0 Å². The third kappa shape index (κ3) is 3.44. The summed E-state index contributed by atoms with van der Waals surface area (Å²) in [6, 6.07) is 6.79. The predicted molar refractivity (Wildman–Crippen MR) is 76.0 cm³/mol. The predicted octanol–water partition coefficient (Wildman–Crippen LogP) is 3.37. The number of nitrogens with zero attached hydrogens (tertiary/aromatic N) is 1. The standard InChI is InChI=1S/C16H14F3NO2/c1-10-3-4-11(2)13(7-10)14(21)9-20-8-12(16(17,18)19)5-6-15(20)22/h3-8H,9H2,1-2H3. The summed E-state index contributed by atoms with van der Waals surface area (Å²) in [7, 11) is 0. The molecule has 3 nitrogen and oxygen atoms in total. The highest BCUT2D eigenvalue weighted by molar-refractivity contribution is 5.97. The van der Waals surface area contributed by atoms with Crippen molar-refractivity contribution in [2.45, 2.75) is 26.6 Å². The largest absolute Gasteiger partial charge is 0.417 e. The number of hydrogen-bond acceptors (Lipinski definition) is 2. The molecule has 0 spiro atoms. The normalized spacial score (nSPS) is 11.5. The molecule has 1 aromatic heterocycles. The van der Waals surface area contributed by atoms with Gasteiger partial charge in [0.1, 0.15) is 0 Å². The van der Waals surface area contributed by atoms with Gasteiger partial charge in [-0.05, 0) is 31.5 Å². The lowest BCUT2D eigenvalue weighted by Gasteiger charge is -2.11. The molecule has 0 fully saturated rings. The monoisotopic (exact) mass is 309 g/mol. The number of halogens is 3. The Balaban J connectivity index is 2.36. The van der Waals surface area contributed by atoms with Gasteiger partial charge >= 0.3 is 6.18 Å². The van der Waals surface area contributed by atoms with Crippen LogP contribution in [0.25, 0.3) is 0 Å². The van der Waals surface area contributed by atoms with Crippen LogP contribution in [0, 0.1) is 13.8 Å². The SMILES string of the molecule is Cc1ccc(C)c(C(=O)Cn2cc(C(F)(F)F)ccc2=O)c1. The first-order valence-electron chi connectivity index (χ1n) is 6.56. The minimum Gasteiger partial charge on any atom is -0.307 e. The summed E-state index contributed by atoms with van der Waals surface area (Å²) in [4.78, 5) is 23.9. The van der Waals surface area contributed by atoms with E-state index in [9.17, 15) is 22.8 Å². The van der Waals surface area contributed by atoms with Gasteiger partial charge in [0.25, 0.3) is 5.56 Å². The van der Waals surface area contributed by atoms with E-state index in [2.05, 4.69) is 0 Å². The van der Waals surface area contributed by atoms with Crippen molar-refractivity contribution in [1.82, 2.24) is 4.57 Å². The van der Waals surface area contributed by atoms with Gasteiger partial charge in [-0.3, -0.25) is 9.59 Å². The Kier molecular flexibility index (Phi) is 4.21. The number of hydrogen-bond donors (Lipinski definition) is 0. The molecule has 0 aliphatic carbocycles. The van der Waals surface area contributed by atoms with Crippen molar-refractivity contribution in [2.24, 2.45) is 0 Å². The second-order valence-electron chi connectivity index (χ2n) is 5.12. The first kappa shape index (κ1) is 16.0. The Morgan fingerprint density at radius 2 is 1.82 bits per heavy atom. The fourth-order valence-electron chi connectivity index (χ4n) is 2.10. The molecule has 0 aliphatic rings. The minimum atomic E-state index is -4.56. The van der Waals surface area contributed by atoms with Gasteiger partial charge in [-0.1, -0.05) is 17.7 Å². The summed E-state index contributed by atoms with van der Waals surface area (Å²) in [5, 5.41) is 0. The molecule has 0 N–H and O–H groups in total. The number of carbonyl (C=O) groups excluding carboxylic acids is 1. The highest BCUT2D eigenvalue weighted by Gasteiger charge is 2.31. The number of carbonyl (C=O) groups is 1. The van der Waals surface area contributed by atoms with Crippen LogP contribution >= 0.6 is 0 Å². The lowest BCUT2D eigenvalue weighted by atomic mass is 10.0. The van der Waals surface area contributed by atoms with E-state index in [1.54, 1.807) is 19.1 Å². The van der Waals surface area contributed by atoms with E-state index in [4.69, 9.17) is 0 Å². The molecule has 0 amide bonds. The van der Waals surface area contributed by atoms with Crippen LogP contribution in [0.4, 0.5) is 13.2 Å². The Morgan fingerprint density at radius 3 is 2.45 bits per heavy atom. The van der Waals surface area contributed by atoms with E-state index in [0.717, 1.165) is 21.8 Å². The van der Waals surface area contributed by atoms with Crippen LogP contribution < -0.4 is 5.56 Å². The van der Waals surface area contributed by atoms with Gasteiger partial charge in [0.2, 0.25) is 0 Å². The molecule has 116 valence electrons. The average molecular weight is 309 g/mol. The van der Waals surface area contributed by atoms with Gasteiger partial charge in [0.05, 0.1) is 12.1 Å². The molecule has 0 radical (unpaired) electrons. The lowest BCUT2D eigenvalue weighted by Crippen LogP contribution is -2.25. The van der Waals surface area contributed by atoms with Crippen molar-refractivity contribution >= 4 is 5.78 Å². The molecule has 22 heavy (non-hydrogen) atoms. The Bertz CT molecular complexity index is 776. The van der Waals surface area contributed by atoms with Gasteiger partial charge in [0, 0.05) is 17.8 Å². The smallest absolute Gasteiger partial charge is 0.307 e. The quantitative estimate of drug-likeness (QED) is 0.816. The molecule has 0 aliphatic heterocycles. The first-order valence-corrected chi connectivity index (χ1v) is 6.56. The molecule has 2 aromatic rings. The van der Waals surface area contributed by atoms with Crippen molar-refractivity contribution in [3.8, 4) is 0 Å². The van der Waals surface area contributed by atoms with Crippen molar-refractivity contribution in [2.75, 3.05) is 0 Å². The van der Waals surface area contributed by atoms with Crippen LogP contribution in [0.15, 0.2) is 41.3 Å². The summed E-state index contributed by atoms with van der Waals surface area (Å²) in [5.74, 6) is -0.400. The van der Waals surface area contributed by atoms with Crippen LogP contribution in [0.1, 0.15) is 27.0 Å². The van der Waals surface area contributed by atoms with Gasteiger partial charge < -0.3 is 4.57 Å². The molecular weight excluding hydrogens is 295 g/mol. The summed E-state index contributed by atoms with van der Waals surface area (Å²) in [6.07, 6.45) is -3.89. The van der Waals surface area contributed by atoms with Crippen molar-refractivity contribution in [3.05, 3.63) is 69.1 Å². The molecule has 0 bridgehead atoms. The van der Waals surface area contributed by atoms with Crippen LogP contribution in [0.5, 0.6) is 0 Å².